The van der Waals surface area contributed by atoms with E-state index in [1.165, 1.54) is 0 Å². The molecular weight excluding hydrogens is 380 g/mol. The van der Waals surface area contributed by atoms with Crippen LogP contribution in [0.1, 0.15) is 29.2 Å². The molecule has 0 unspecified atom stereocenters. The van der Waals surface area contributed by atoms with E-state index in [0.29, 0.717) is 39.1 Å². The van der Waals surface area contributed by atoms with Gasteiger partial charge in [0, 0.05) is 39.0 Å². The van der Waals surface area contributed by atoms with E-state index in [4.69, 9.17) is 11.3 Å². The van der Waals surface area contributed by atoms with Crippen LogP contribution in [0.25, 0.3) is 44.3 Å². The first-order chi connectivity index (χ1) is 17.1. The predicted octanol–water partition coefficient (Wildman–Crippen LogP) is 6.54. The van der Waals surface area contributed by atoms with Gasteiger partial charge in [-0.3, -0.25) is 0 Å². The molecule has 5 rings (SSSR count). The summed E-state index contributed by atoms with van der Waals surface area (Å²) in [7, 11) is 1.70. The summed E-state index contributed by atoms with van der Waals surface area (Å²) in [5.74, 6) is 0. The van der Waals surface area contributed by atoms with Crippen molar-refractivity contribution in [3.05, 3.63) is 89.1 Å². The summed E-state index contributed by atoms with van der Waals surface area (Å²) in [6.45, 7) is 1.03. The van der Waals surface area contributed by atoms with Crippen molar-refractivity contribution in [2.24, 2.45) is 7.05 Å². The molecule has 0 amide bonds. The van der Waals surface area contributed by atoms with Gasteiger partial charge in [0.05, 0.1) is 19.9 Å². The minimum absolute atomic E-state index is 0.133. The monoisotopic (exact) mass is 408 g/mol. The van der Waals surface area contributed by atoms with Crippen LogP contribution in [-0.4, -0.2) is 0 Å². The Morgan fingerprint density at radius 2 is 1.77 bits per heavy atom. The Morgan fingerprint density at radius 1 is 0.968 bits per heavy atom. The number of pyridine rings is 1. The molecule has 0 spiro atoms. The van der Waals surface area contributed by atoms with E-state index in [2.05, 4.69) is 6.07 Å². The van der Waals surface area contributed by atoms with Crippen molar-refractivity contribution in [1.29, 1.82) is 5.26 Å². The van der Waals surface area contributed by atoms with Crippen LogP contribution in [0.3, 0.4) is 0 Å². The summed E-state index contributed by atoms with van der Waals surface area (Å²) in [6, 6.07) is 19.0. The van der Waals surface area contributed by atoms with Crippen LogP contribution in [0.2, 0.25) is 0 Å². The highest BCUT2D eigenvalue weighted by Crippen LogP contribution is 2.42. The largest absolute Gasteiger partial charge is 0.454 e. The maximum absolute atomic E-state index is 9.88. The Hall–Kier alpha value is -3.90. The lowest BCUT2D eigenvalue weighted by atomic mass is 9.96. The molecule has 2 aromatic heterocycles. The Balaban J connectivity index is 1.94. The first-order valence-corrected chi connectivity index (χ1v) is 10.0. The first kappa shape index (κ1) is 14.2. The number of hydrogen-bond donors (Lipinski definition) is 0. The zero-order chi connectivity index (χ0) is 25.9. The molecule has 3 aromatic carbocycles. The number of nitrogens with zero attached hydrogens (tertiary/aromatic N) is 2. The SMILES string of the molecule is [2H]c1c([2H])c(-c2c(C)ccc3c2oc2c(-c4ccccc4)ccc(C#N)c23)[n+](C)c(C)c1C([2H])([2H])[2H]. The topological polar surface area (TPSA) is 40.8 Å². The van der Waals surface area contributed by atoms with Crippen molar-refractivity contribution >= 4 is 21.9 Å². The normalized spacial score (nSPS) is 13.9. The van der Waals surface area contributed by atoms with Gasteiger partial charge in [-0.2, -0.15) is 9.83 Å². The highest BCUT2D eigenvalue weighted by atomic mass is 16.3. The smallest absolute Gasteiger partial charge is 0.216 e. The minimum Gasteiger partial charge on any atom is -0.454 e. The molecule has 3 heteroatoms. The van der Waals surface area contributed by atoms with Crippen LogP contribution < -0.4 is 4.57 Å². The maximum Gasteiger partial charge on any atom is 0.216 e. The molecule has 0 aliphatic rings. The van der Waals surface area contributed by atoms with Gasteiger partial charge in [-0.15, -0.1) is 0 Å². The summed E-state index contributed by atoms with van der Waals surface area (Å²) in [5.41, 5.74) is 5.40. The number of rotatable bonds is 2. The molecule has 0 bridgehead atoms. The highest BCUT2D eigenvalue weighted by Gasteiger charge is 2.24. The second-order valence-electron chi connectivity index (χ2n) is 7.70. The average molecular weight is 409 g/mol. The van der Waals surface area contributed by atoms with Gasteiger partial charge in [-0.1, -0.05) is 42.5 Å². The molecule has 0 fully saturated rings. The van der Waals surface area contributed by atoms with Crippen molar-refractivity contribution in [3.63, 3.8) is 0 Å². The number of aryl methyl sites for hydroxylation is 1. The fourth-order valence-electron chi connectivity index (χ4n) is 4.14. The Kier molecular flexibility index (Phi) is 3.25. The van der Waals surface area contributed by atoms with Crippen molar-refractivity contribution in [1.82, 2.24) is 0 Å². The molecule has 0 N–H and O–H groups in total. The molecule has 0 atom stereocenters. The molecule has 5 aromatic rings. The number of aromatic nitrogens is 1. The number of nitriles is 1. The highest BCUT2D eigenvalue weighted by molar-refractivity contribution is 6.15. The van der Waals surface area contributed by atoms with Crippen molar-refractivity contribution in [3.8, 4) is 28.5 Å². The van der Waals surface area contributed by atoms with Gasteiger partial charge in [-0.25, -0.2) is 0 Å². The van der Waals surface area contributed by atoms with Crippen LogP contribution in [0, 0.1) is 32.0 Å². The number of fused-ring (bicyclic) bond motifs is 3. The lowest BCUT2D eigenvalue weighted by Gasteiger charge is -2.08. The van der Waals surface area contributed by atoms with Crippen molar-refractivity contribution < 1.29 is 15.8 Å². The lowest BCUT2D eigenvalue weighted by Crippen LogP contribution is -2.35. The second-order valence-corrected chi connectivity index (χ2v) is 7.70. The van der Waals surface area contributed by atoms with E-state index in [1.54, 1.807) is 24.6 Å². The molecule has 150 valence electrons. The van der Waals surface area contributed by atoms with Gasteiger partial charge < -0.3 is 4.42 Å². The third-order valence-corrected chi connectivity index (χ3v) is 5.95. The Bertz CT molecular complexity index is 1700. The van der Waals surface area contributed by atoms with E-state index in [9.17, 15) is 5.26 Å². The van der Waals surface area contributed by atoms with Gasteiger partial charge in [0.2, 0.25) is 5.69 Å². The summed E-state index contributed by atoms with van der Waals surface area (Å²) < 4.78 is 49.2. The van der Waals surface area contributed by atoms with E-state index in [-0.39, 0.29) is 17.6 Å². The van der Waals surface area contributed by atoms with Crippen LogP contribution >= 0.6 is 0 Å². The molecule has 0 aliphatic carbocycles. The predicted molar refractivity (Wildman–Crippen MR) is 125 cm³/mol. The molecular formula is C28H23N2O+. The number of benzene rings is 3. The van der Waals surface area contributed by atoms with E-state index in [0.717, 1.165) is 22.1 Å². The third kappa shape index (κ3) is 2.84. The van der Waals surface area contributed by atoms with Crippen molar-refractivity contribution in [2.45, 2.75) is 20.7 Å². The van der Waals surface area contributed by atoms with Crippen molar-refractivity contribution in [2.75, 3.05) is 0 Å². The average Bonchev–Trinajstić information content (AvgIpc) is 3.23. The zero-order valence-electron chi connectivity index (χ0n) is 22.5. The quantitative estimate of drug-likeness (QED) is 0.311. The lowest BCUT2D eigenvalue weighted by molar-refractivity contribution is -0.667. The molecule has 0 saturated heterocycles. The van der Waals surface area contributed by atoms with Crippen LogP contribution in [0.5, 0.6) is 0 Å². The van der Waals surface area contributed by atoms with E-state index >= 15 is 0 Å². The molecule has 0 saturated carbocycles. The number of furan rings is 1. The van der Waals surface area contributed by atoms with Gasteiger partial charge in [0.15, 0.2) is 5.69 Å². The summed E-state index contributed by atoms with van der Waals surface area (Å²) in [4.78, 5) is 0. The molecule has 0 aliphatic heterocycles. The molecule has 3 nitrogen and oxygen atoms in total. The maximum atomic E-state index is 9.88. The van der Waals surface area contributed by atoms with Crippen LogP contribution in [0.4, 0.5) is 0 Å². The molecule has 2 heterocycles. The van der Waals surface area contributed by atoms with Gasteiger partial charge in [0.25, 0.3) is 0 Å². The second kappa shape index (κ2) is 7.11. The fraction of sp³-hybridized carbons (Fsp3) is 0.143. The van der Waals surface area contributed by atoms with Gasteiger partial charge >= 0.3 is 0 Å². The zero-order valence-corrected chi connectivity index (χ0v) is 17.5. The fourth-order valence-corrected chi connectivity index (χ4v) is 4.14. The molecule has 0 radical (unpaired) electrons. The van der Waals surface area contributed by atoms with Gasteiger partial charge in [-0.05, 0) is 43.1 Å². The van der Waals surface area contributed by atoms with Crippen LogP contribution in [0.15, 0.2) is 71.1 Å². The van der Waals surface area contributed by atoms with E-state index in [1.807, 2.05) is 55.5 Å². The third-order valence-electron chi connectivity index (χ3n) is 5.95. The minimum atomic E-state index is -2.51. The Labute approximate surface area is 188 Å². The van der Waals surface area contributed by atoms with Gasteiger partial charge in [0.1, 0.15) is 18.2 Å². The first-order valence-electron chi connectivity index (χ1n) is 12.5. The Morgan fingerprint density at radius 3 is 2.52 bits per heavy atom. The molecule has 31 heavy (non-hydrogen) atoms. The summed E-state index contributed by atoms with van der Waals surface area (Å²) >= 11 is 0. The van der Waals surface area contributed by atoms with E-state index < -0.39 is 6.85 Å². The van der Waals surface area contributed by atoms with Crippen LogP contribution in [-0.2, 0) is 7.05 Å². The number of hydrogen-bond acceptors (Lipinski definition) is 2. The standard InChI is InChI=1S/C28H23N2O/c1-17-11-15-24(30(4)19(17)3)25-18(2)10-13-23-26-21(16-29)12-14-22(27(26)31-28(23)25)20-8-6-5-7-9-20/h5-15H,1-4H3/q+1/i1D3,11D,15D. The summed E-state index contributed by atoms with van der Waals surface area (Å²) in [5, 5.41) is 11.3. The summed E-state index contributed by atoms with van der Waals surface area (Å²) in [6.07, 6.45) is 0.